The standard InChI is InChI=1S/C14H21N3O2/c1-12(2,3)19-11(18)17-8-10(16-9-17)13(4-5-13)14(15)6-7-14/h8-9H,4-7,15H2,1-3H3. The summed E-state index contributed by atoms with van der Waals surface area (Å²) in [5.41, 5.74) is 6.72. The topological polar surface area (TPSA) is 70.1 Å². The Morgan fingerprint density at radius 2 is 2.00 bits per heavy atom. The highest BCUT2D eigenvalue weighted by Gasteiger charge is 2.65. The van der Waals surface area contributed by atoms with E-state index in [0.29, 0.717) is 0 Å². The van der Waals surface area contributed by atoms with Gasteiger partial charge in [0.2, 0.25) is 0 Å². The van der Waals surface area contributed by atoms with E-state index in [-0.39, 0.29) is 17.0 Å². The Bertz CT molecular complexity index is 519. The number of imidazole rings is 1. The molecule has 0 spiro atoms. The van der Waals surface area contributed by atoms with Crippen LogP contribution in [0.5, 0.6) is 0 Å². The Labute approximate surface area is 113 Å². The van der Waals surface area contributed by atoms with Gasteiger partial charge in [0.1, 0.15) is 11.9 Å². The molecule has 19 heavy (non-hydrogen) atoms. The van der Waals surface area contributed by atoms with E-state index in [0.717, 1.165) is 31.4 Å². The van der Waals surface area contributed by atoms with Gasteiger partial charge in [-0.1, -0.05) is 0 Å². The van der Waals surface area contributed by atoms with Gasteiger partial charge in [0.05, 0.1) is 5.69 Å². The van der Waals surface area contributed by atoms with Gasteiger partial charge in [-0.25, -0.2) is 14.3 Å². The van der Waals surface area contributed by atoms with Crippen LogP contribution in [0, 0.1) is 0 Å². The maximum absolute atomic E-state index is 12.0. The number of hydrogen-bond donors (Lipinski definition) is 1. The first-order valence-electron chi connectivity index (χ1n) is 6.83. The molecule has 2 fully saturated rings. The van der Waals surface area contributed by atoms with E-state index in [1.54, 1.807) is 6.20 Å². The number of nitrogens with zero attached hydrogens (tertiary/aromatic N) is 2. The van der Waals surface area contributed by atoms with Crippen LogP contribution in [0.1, 0.15) is 52.1 Å². The third-order valence-electron chi connectivity index (χ3n) is 4.17. The van der Waals surface area contributed by atoms with Gasteiger partial charge in [-0.3, -0.25) is 0 Å². The molecule has 0 atom stereocenters. The quantitative estimate of drug-likeness (QED) is 0.888. The molecule has 0 unspecified atom stereocenters. The third kappa shape index (κ3) is 2.06. The van der Waals surface area contributed by atoms with E-state index >= 15 is 0 Å². The zero-order valence-corrected chi connectivity index (χ0v) is 11.8. The summed E-state index contributed by atoms with van der Waals surface area (Å²) in [6.07, 6.45) is 7.22. The molecule has 2 N–H and O–H groups in total. The molecule has 0 radical (unpaired) electrons. The average molecular weight is 263 g/mol. The minimum Gasteiger partial charge on any atom is -0.443 e. The van der Waals surface area contributed by atoms with Crippen LogP contribution in [0.3, 0.4) is 0 Å². The molecule has 2 saturated carbocycles. The van der Waals surface area contributed by atoms with E-state index in [9.17, 15) is 4.79 Å². The van der Waals surface area contributed by atoms with Crippen LogP contribution in [0.25, 0.3) is 0 Å². The van der Waals surface area contributed by atoms with Crippen molar-refractivity contribution in [2.45, 2.75) is 63.0 Å². The van der Waals surface area contributed by atoms with E-state index in [2.05, 4.69) is 4.98 Å². The monoisotopic (exact) mass is 263 g/mol. The van der Waals surface area contributed by atoms with Crippen molar-refractivity contribution < 1.29 is 9.53 Å². The van der Waals surface area contributed by atoms with Gasteiger partial charge in [0.25, 0.3) is 0 Å². The van der Waals surface area contributed by atoms with Crippen molar-refractivity contribution in [3.8, 4) is 0 Å². The van der Waals surface area contributed by atoms with Crippen LogP contribution in [-0.2, 0) is 10.2 Å². The lowest BCUT2D eigenvalue weighted by molar-refractivity contribution is 0.0536. The molecular weight excluding hydrogens is 242 g/mol. The highest BCUT2D eigenvalue weighted by atomic mass is 16.6. The van der Waals surface area contributed by atoms with Crippen molar-refractivity contribution in [3.05, 3.63) is 18.2 Å². The summed E-state index contributed by atoms with van der Waals surface area (Å²) in [6.45, 7) is 5.55. The smallest absolute Gasteiger partial charge is 0.419 e. The van der Waals surface area contributed by atoms with Gasteiger partial charge in [-0.2, -0.15) is 0 Å². The lowest BCUT2D eigenvalue weighted by Gasteiger charge is -2.20. The zero-order valence-electron chi connectivity index (χ0n) is 11.8. The lowest BCUT2D eigenvalue weighted by atomic mass is 9.91. The van der Waals surface area contributed by atoms with Crippen molar-refractivity contribution >= 4 is 6.09 Å². The molecule has 0 amide bonds. The highest BCUT2D eigenvalue weighted by Crippen LogP contribution is 2.63. The highest BCUT2D eigenvalue weighted by molar-refractivity contribution is 5.70. The second-order valence-corrected chi connectivity index (χ2v) is 6.88. The Hall–Kier alpha value is -1.36. The van der Waals surface area contributed by atoms with Gasteiger partial charge >= 0.3 is 6.09 Å². The van der Waals surface area contributed by atoms with E-state index < -0.39 is 5.60 Å². The van der Waals surface area contributed by atoms with Crippen LogP contribution in [0.4, 0.5) is 4.79 Å². The second kappa shape index (κ2) is 3.60. The van der Waals surface area contributed by atoms with Crippen molar-refractivity contribution in [1.82, 2.24) is 9.55 Å². The first-order valence-corrected chi connectivity index (χ1v) is 6.83. The number of carbonyl (C=O) groups excluding carboxylic acids is 1. The second-order valence-electron chi connectivity index (χ2n) is 6.88. The molecule has 0 aromatic carbocycles. The van der Waals surface area contributed by atoms with Gasteiger partial charge in [0, 0.05) is 17.2 Å². The zero-order chi connectivity index (χ0) is 13.9. The van der Waals surface area contributed by atoms with Gasteiger partial charge in [-0.15, -0.1) is 0 Å². The fraction of sp³-hybridized carbons (Fsp3) is 0.714. The largest absolute Gasteiger partial charge is 0.443 e. The molecule has 1 aromatic rings. The van der Waals surface area contributed by atoms with Gasteiger partial charge < -0.3 is 10.5 Å². The summed E-state index contributed by atoms with van der Waals surface area (Å²) < 4.78 is 6.75. The molecule has 0 aliphatic heterocycles. The average Bonchev–Trinajstić information content (AvgIpc) is 3.18. The SMILES string of the molecule is CC(C)(C)OC(=O)n1cnc(C2(C3(N)CC3)CC2)c1. The maximum Gasteiger partial charge on any atom is 0.419 e. The normalized spacial score (nSPS) is 22.9. The summed E-state index contributed by atoms with van der Waals surface area (Å²) in [4.78, 5) is 16.3. The maximum atomic E-state index is 12.0. The van der Waals surface area contributed by atoms with Crippen LogP contribution in [-0.4, -0.2) is 26.8 Å². The predicted molar refractivity (Wildman–Crippen MR) is 70.9 cm³/mol. The summed E-state index contributed by atoms with van der Waals surface area (Å²) >= 11 is 0. The predicted octanol–water partition coefficient (Wildman–Crippen LogP) is 2.19. The van der Waals surface area contributed by atoms with Crippen molar-refractivity contribution in [2.24, 2.45) is 5.73 Å². The molecule has 5 heteroatoms. The Morgan fingerprint density at radius 1 is 1.37 bits per heavy atom. The number of rotatable bonds is 2. The van der Waals surface area contributed by atoms with Crippen molar-refractivity contribution in [3.63, 3.8) is 0 Å². The molecule has 104 valence electrons. The summed E-state index contributed by atoms with van der Waals surface area (Å²) in [5, 5.41) is 0. The fourth-order valence-corrected chi connectivity index (χ4v) is 2.73. The van der Waals surface area contributed by atoms with Crippen molar-refractivity contribution in [2.75, 3.05) is 0 Å². The Morgan fingerprint density at radius 3 is 2.47 bits per heavy atom. The van der Waals surface area contributed by atoms with E-state index in [4.69, 9.17) is 10.5 Å². The number of hydrogen-bond acceptors (Lipinski definition) is 4. The molecule has 1 aromatic heterocycles. The van der Waals surface area contributed by atoms with E-state index in [1.807, 2.05) is 20.8 Å². The van der Waals surface area contributed by atoms with Crippen LogP contribution >= 0.6 is 0 Å². The molecule has 5 nitrogen and oxygen atoms in total. The van der Waals surface area contributed by atoms with Gasteiger partial charge in [0.15, 0.2) is 0 Å². The first kappa shape index (κ1) is 12.7. The van der Waals surface area contributed by atoms with Crippen molar-refractivity contribution in [1.29, 1.82) is 0 Å². The number of ether oxygens (including phenoxy) is 1. The summed E-state index contributed by atoms with van der Waals surface area (Å²) in [7, 11) is 0. The molecular formula is C14H21N3O2. The first-order chi connectivity index (χ1) is 8.76. The van der Waals surface area contributed by atoms with Gasteiger partial charge in [-0.05, 0) is 46.5 Å². The molecule has 2 aliphatic rings. The fourth-order valence-electron chi connectivity index (χ4n) is 2.73. The molecule has 0 bridgehead atoms. The Balaban J connectivity index is 1.79. The Kier molecular flexibility index (Phi) is 2.40. The third-order valence-corrected chi connectivity index (χ3v) is 4.17. The molecule has 0 saturated heterocycles. The molecule has 2 aliphatic carbocycles. The molecule has 3 rings (SSSR count). The summed E-state index contributed by atoms with van der Waals surface area (Å²) in [5.74, 6) is 0. The number of nitrogens with two attached hydrogens (primary N) is 1. The van der Waals surface area contributed by atoms with E-state index in [1.165, 1.54) is 10.9 Å². The van der Waals surface area contributed by atoms with Crippen LogP contribution in [0.15, 0.2) is 12.5 Å². The summed E-state index contributed by atoms with van der Waals surface area (Å²) in [6, 6.07) is 0. The van der Waals surface area contributed by atoms with Crippen LogP contribution in [0.2, 0.25) is 0 Å². The number of carbonyl (C=O) groups is 1. The lowest BCUT2D eigenvalue weighted by Crippen LogP contribution is -2.37. The minimum absolute atomic E-state index is 0.0141. The minimum atomic E-state index is -0.496. The molecule has 1 heterocycles. The number of aromatic nitrogens is 2. The van der Waals surface area contributed by atoms with Crippen LogP contribution < -0.4 is 5.73 Å².